The topological polar surface area (TPSA) is 202 Å². The predicted octanol–water partition coefficient (Wildman–Crippen LogP) is 18.4. The number of carbonyl (C=O) groups is 2. The Morgan fingerprint density at radius 2 is 0.768 bits per heavy atom. The molecule has 6 heterocycles. The fourth-order valence-electron chi connectivity index (χ4n) is 15.4. The van der Waals surface area contributed by atoms with Crippen LogP contribution in [0.1, 0.15) is 195 Å². The van der Waals surface area contributed by atoms with Crippen LogP contribution in [0.2, 0.25) is 0 Å². The molecule has 3 saturated carbocycles. The van der Waals surface area contributed by atoms with Gasteiger partial charge in [0, 0.05) is 64.3 Å². The van der Waals surface area contributed by atoms with Crippen molar-refractivity contribution < 1.29 is 35.9 Å². The van der Waals surface area contributed by atoms with Crippen molar-refractivity contribution in [2.75, 3.05) is 13.4 Å². The van der Waals surface area contributed by atoms with Crippen LogP contribution in [0.25, 0.3) is 65.8 Å². The van der Waals surface area contributed by atoms with Crippen molar-refractivity contribution in [3.63, 3.8) is 0 Å². The van der Waals surface area contributed by atoms with E-state index in [-0.39, 0.29) is 41.0 Å². The fourth-order valence-corrected chi connectivity index (χ4v) is 16.0. The molecule has 3 fully saturated rings. The van der Waals surface area contributed by atoms with Gasteiger partial charge in [-0.1, -0.05) is 20.8 Å². The number of H-pyrrole nitrogens is 3. The van der Waals surface area contributed by atoms with E-state index in [9.17, 15) is 31.2 Å². The maximum Gasteiger partial charge on any atom is 0.337 e. The molecule has 0 radical (unpaired) electrons. The highest BCUT2D eigenvalue weighted by atomic mass is 32.2. The Balaban J connectivity index is 0.000000129. The van der Waals surface area contributed by atoms with E-state index in [1.54, 1.807) is 73.7 Å². The molecule has 0 amide bonds. The Labute approximate surface area is 550 Å². The number of aromatic nitrogens is 9. The number of imidazole rings is 3. The summed E-state index contributed by atoms with van der Waals surface area (Å²) in [5.41, 5.74) is 12.5. The lowest BCUT2D eigenvalue weighted by molar-refractivity contribution is 0.0600. The molecule has 3 atom stereocenters. The van der Waals surface area contributed by atoms with E-state index in [0.717, 1.165) is 160 Å². The molecule has 0 unspecified atom stereocenters. The predicted molar refractivity (Wildman–Crippen MR) is 367 cm³/mol. The molecule has 15 rings (SSSR count). The average molecular weight is 1300 g/mol. The van der Waals surface area contributed by atoms with Crippen LogP contribution >= 0.6 is 0 Å². The van der Waals surface area contributed by atoms with E-state index in [4.69, 9.17) is 19.7 Å². The maximum absolute atomic E-state index is 13.9. The van der Waals surface area contributed by atoms with Crippen LogP contribution in [0.3, 0.4) is 0 Å². The molecular formula is C77H78F3N9O5S. The number of sulfone groups is 1. The Morgan fingerprint density at radius 1 is 0.442 bits per heavy atom. The maximum atomic E-state index is 13.9. The number of ether oxygens (including phenoxy) is 1. The van der Waals surface area contributed by atoms with Gasteiger partial charge in [-0.15, -0.1) is 0 Å². The van der Waals surface area contributed by atoms with Crippen molar-refractivity contribution in [3.05, 3.63) is 209 Å². The molecule has 488 valence electrons. The molecule has 3 N–H and O–H groups in total. The van der Waals surface area contributed by atoms with Crippen LogP contribution in [0.4, 0.5) is 13.2 Å². The minimum Gasteiger partial charge on any atom is -0.465 e. The van der Waals surface area contributed by atoms with Crippen molar-refractivity contribution in [1.82, 2.24) is 44.9 Å². The molecule has 18 heteroatoms. The summed E-state index contributed by atoms with van der Waals surface area (Å²) in [5, 5.41) is 2.79. The molecule has 0 saturated heterocycles. The summed E-state index contributed by atoms with van der Waals surface area (Å²) in [4.78, 5) is 61.5. The third-order valence-electron chi connectivity index (χ3n) is 21.0. The summed E-state index contributed by atoms with van der Waals surface area (Å²) in [5.74, 6) is 5.61. The molecule has 0 aliphatic heterocycles. The number of hydrogen-bond donors (Lipinski definition) is 3. The van der Waals surface area contributed by atoms with E-state index in [1.807, 2.05) is 55.0 Å². The first-order valence-electron chi connectivity index (χ1n) is 33.2. The monoisotopic (exact) mass is 1300 g/mol. The molecule has 3 aliphatic rings. The van der Waals surface area contributed by atoms with Gasteiger partial charge in [0.15, 0.2) is 15.6 Å². The SMILES string of the molecule is CC(=O)c1ccc2nc([C@H](C)C3CCC(c4ccnc5ccc(F)cc45)CC3)[nH]c2c1.COC(=O)c1ccc2nc([C@H](C)C3CCC(c4ccnc5ccc(F)cc45)CC3)[nH]c2c1.C[C@@H](c1nc2ccc(S(C)(=O)=O)cc2[nH]1)C1CCC(c2ccnc3ccc(F)cc23)CC1. The standard InChI is InChI=1S/C26H26FN3O2.C26H26FN3O.C25H26FN3O2S/c1-15(25-29-23-9-7-18(26(31)32-2)13-24(23)30-25)16-3-5-17(6-4-16)20-11-12-28-22-10-8-19(27)14-21(20)22;1-15(26-29-24-9-7-19(16(2)31)13-25(24)30-26)17-3-5-18(6-4-17)21-11-12-28-23-10-8-20(27)14-22(21)23;1-15(25-28-23-10-8-19(32(2,30)31)14-24(23)29-25)16-3-5-17(6-4-16)20-11-12-27-22-9-7-18(26)13-21(20)22/h7-17H,3-6H2,1-2H3,(H,29,30);7-15,17-18H,3-6H2,1-2H3,(H,29,30);7-17H,3-6H2,1-2H3,(H,28,29)/t15-,16?,17?;15-,17?,18?;15-,16?,17?/m111/s1. The molecule has 12 aromatic rings. The number of rotatable bonds is 12. The summed E-state index contributed by atoms with van der Waals surface area (Å²) < 4.78 is 70.1. The summed E-state index contributed by atoms with van der Waals surface area (Å²) in [6, 6.07) is 36.8. The fraction of sp³-hybridized carbons (Fsp3) is 0.351. The summed E-state index contributed by atoms with van der Waals surface area (Å²) >= 11 is 0. The second kappa shape index (κ2) is 27.3. The van der Waals surface area contributed by atoms with Gasteiger partial charge in [0.1, 0.15) is 34.9 Å². The Hall–Kier alpha value is -9.16. The second-order valence-electron chi connectivity index (χ2n) is 26.7. The third-order valence-corrected chi connectivity index (χ3v) is 22.1. The molecule has 3 aliphatic carbocycles. The number of methoxy groups -OCH3 is 1. The lowest BCUT2D eigenvalue weighted by Gasteiger charge is -2.32. The molecule has 14 nitrogen and oxygen atoms in total. The zero-order valence-electron chi connectivity index (χ0n) is 54.3. The van der Waals surface area contributed by atoms with Crippen molar-refractivity contribution in [2.45, 2.75) is 145 Å². The lowest BCUT2D eigenvalue weighted by atomic mass is 9.73. The van der Waals surface area contributed by atoms with Gasteiger partial charge in [0.2, 0.25) is 0 Å². The molecule has 6 aromatic carbocycles. The van der Waals surface area contributed by atoms with Gasteiger partial charge < -0.3 is 19.7 Å². The van der Waals surface area contributed by atoms with Crippen LogP contribution in [-0.2, 0) is 14.6 Å². The van der Waals surface area contributed by atoms with E-state index in [1.165, 1.54) is 48.3 Å². The Kier molecular flexibility index (Phi) is 18.5. The van der Waals surface area contributed by atoms with Gasteiger partial charge in [0.25, 0.3) is 0 Å². The van der Waals surface area contributed by atoms with Crippen LogP contribution in [-0.4, -0.2) is 78.4 Å². The molecule has 6 aromatic heterocycles. The first-order valence-corrected chi connectivity index (χ1v) is 35.1. The largest absolute Gasteiger partial charge is 0.465 e. The number of ketones is 1. The zero-order chi connectivity index (χ0) is 66.2. The van der Waals surface area contributed by atoms with Gasteiger partial charge in [0.05, 0.1) is 67.2 Å². The van der Waals surface area contributed by atoms with Crippen LogP contribution in [0.5, 0.6) is 0 Å². The third kappa shape index (κ3) is 13.9. The van der Waals surface area contributed by atoms with Crippen molar-refractivity contribution in [3.8, 4) is 0 Å². The number of pyridine rings is 3. The van der Waals surface area contributed by atoms with E-state index in [2.05, 4.69) is 56.7 Å². The van der Waals surface area contributed by atoms with Crippen molar-refractivity contribution >= 4 is 87.4 Å². The smallest absolute Gasteiger partial charge is 0.337 e. The average Bonchev–Trinajstić information content (AvgIpc) is 1.03. The highest BCUT2D eigenvalue weighted by molar-refractivity contribution is 7.90. The van der Waals surface area contributed by atoms with Gasteiger partial charge in [-0.2, -0.15) is 0 Å². The highest BCUT2D eigenvalue weighted by Crippen LogP contribution is 2.46. The number of carbonyl (C=O) groups excluding carboxylic acids is 2. The molecule has 0 spiro atoms. The first kappa shape index (κ1) is 64.5. The summed E-state index contributed by atoms with van der Waals surface area (Å²) in [6.07, 6.45) is 19.6. The van der Waals surface area contributed by atoms with Gasteiger partial charge in [-0.05, 0) is 264 Å². The molecular weight excluding hydrogens is 1220 g/mol. The van der Waals surface area contributed by atoms with E-state index < -0.39 is 9.84 Å². The molecule has 0 bridgehead atoms. The summed E-state index contributed by atoms with van der Waals surface area (Å²) in [7, 11) is -1.87. The number of esters is 1. The first-order chi connectivity index (χ1) is 45.8. The number of fused-ring (bicyclic) bond motifs is 6. The number of aromatic amines is 3. The Bertz CT molecular complexity index is 4950. The number of benzene rings is 6. The zero-order valence-corrected chi connectivity index (χ0v) is 55.1. The second-order valence-corrected chi connectivity index (χ2v) is 28.7. The van der Waals surface area contributed by atoms with Crippen molar-refractivity contribution in [2.24, 2.45) is 17.8 Å². The number of nitrogens with one attached hydrogen (secondary N) is 3. The minimum atomic E-state index is -3.25. The Morgan fingerprint density at radius 3 is 1.12 bits per heavy atom. The van der Waals surface area contributed by atoms with E-state index in [0.29, 0.717) is 57.4 Å². The van der Waals surface area contributed by atoms with Crippen LogP contribution < -0.4 is 0 Å². The number of nitrogens with zero attached hydrogens (tertiary/aromatic N) is 6. The van der Waals surface area contributed by atoms with Crippen LogP contribution in [0.15, 0.2) is 151 Å². The minimum absolute atomic E-state index is 0.0629. The van der Waals surface area contributed by atoms with Gasteiger partial charge in [-0.3, -0.25) is 19.7 Å². The lowest BCUT2D eigenvalue weighted by Crippen LogP contribution is -2.19. The normalized spacial score (nSPS) is 20.2. The number of halogens is 3. The molecule has 95 heavy (non-hydrogen) atoms. The highest BCUT2D eigenvalue weighted by Gasteiger charge is 2.33. The number of Topliss-reactive ketones (excluding diaryl/α,β-unsaturated/α-hetero) is 1. The number of hydrogen-bond acceptors (Lipinski definition) is 11. The van der Waals surface area contributed by atoms with E-state index >= 15 is 0 Å². The van der Waals surface area contributed by atoms with Crippen LogP contribution in [0, 0.1) is 35.2 Å². The summed E-state index contributed by atoms with van der Waals surface area (Å²) in [6.45, 7) is 8.24. The quantitative estimate of drug-likeness (QED) is 0.0776. The van der Waals surface area contributed by atoms with Gasteiger partial charge in [-0.25, -0.2) is 41.3 Å². The van der Waals surface area contributed by atoms with Gasteiger partial charge >= 0.3 is 5.97 Å². The van der Waals surface area contributed by atoms with Crippen molar-refractivity contribution in [1.29, 1.82) is 0 Å².